The summed E-state index contributed by atoms with van der Waals surface area (Å²) in [5.74, 6) is 0. The molecule has 0 saturated heterocycles. The highest BCUT2D eigenvalue weighted by Gasteiger charge is 2.11. The van der Waals surface area contributed by atoms with E-state index in [1.54, 1.807) is 7.11 Å². The van der Waals surface area contributed by atoms with E-state index in [1.165, 1.54) is 0 Å². The van der Waals surface area contributed by atoms with Crippen LogP contribution in [0.1, 0.15) is 6.92 Å². The van der Waals surface area contributed by atoms with Gasteiger partial charge in [-0.2, -0.15) is 0 Å². The first-order valence-electron chi connectivity index (χ1n) is 4.77. The van der Waals surface area contributed by atoms with Crippen molar-refractivity contribution < 1.29 is 4.74 Å². The monoisotopic (exact) mass is 186 g/mol. The van der Waals surface area contributed by atoms with E-state index in [1.807, 2.05) is 6.08 Å². The maximum atomic E-state index is 5.15. The molecular formula is C10H22N2O. The summed E-state index contributed by atoms with van der Waals surface area (Å²) in [6.45, 7) is 9.46. The number of rotatable bonds is 8. The number of ether oxygens (including phenoxy) is 1. The smallest absolute Gasteiger partial charge is 0.0630 e. The minimum Gasteiger partial charge on any atom is -0.383 e. The van der Waals surface area contributed by atoms with Crippen LogP contribution in [0, 0.1) is 0 Å². The average molecular weight is 186 g/mol. The largest absolute Gasteiger partial charge is 0.383 e. The van der Waals surface area contributed by atoms with Crippen LogP contribution in [-0.2, 0) is 4.74 Å². The zero-order valence-electron chi connectivity index (χ0n) is 9.05. The zero-order valence-corrected chi connectivity index (χ0v) is 9.05. The summed E-state index contributed by atoms with van der Waals surface area (Å²) in [5, 5.41) is 3.32. The third-order valence-corrected chi connectivity index (χ3v) is 2.03. The van der Waals surface area contributed by atoms with Crippen molar-refractivity contribution in [3.63, 3.8) is 0 Å². The summed E-state index contributed by atoms with van der Waals surface area (Å²) in [4.78, 5) is 2.24. The molecule has 0 aliphatic carbocycles. The van der Waals surface area contributed by atoms with Gasteiger partial charge < -0.3 is 10.1 Å². The van der Waals surface area contributed by atoms with E-state index in [-0.39, 0.29) is 0 Å². The molecule has 0 aliphatic heterocycles. The molecular weight excluding hydrogens is 164 g/mol. The Hall–Kier alpha value is -0.380. The molecule has 0 aromatic rings. The summed E-state index contributed by atoms with van der Waals surface area (Å²) >= 11 is 0. The highest BCUT2D eigenvalue weighted by Crippen LogP contribution is 1.95. The molecule has 3 nitrogen and oxygen atoms in total. The first kappa shape index (κ1) is 12.6. The molecule has 0 spiro atoms. The van der Waals surface area contributed by atoms with Crippen molar-refractivity contribution in [3.05, 3.63) is 12.7 Å². The van der Waals surface area contributed by atoms with Crippen molar-refractivity contribution in [1.29, 1.82) is 0 Å². The molecule has 1 atom stereocenters. The second-order valence-electron chi connectivity index (χ2n) is 3.15. The Morgan fingerprint density at radius 3 is 2.77 bits per heavy atom. The average Bonchev–Trinajstić information content (AvgIpc) is 2.12. The van der Waals surface area contributed by atoms with Crippen molar-refractivity contribution in [2.24, 2.45) is 0 Å². The minimum atomic E-state index is 0.433. The normalized spacial score (nSPS) is 13.2. The Kier molecular flexibility index (Phi) is 7.99. The number of nitrogens with zero attached hydrogens (tertiary/aromatic N) is 1. The minimum absolute atomic E-state index is 0.433. The number of hydrogen-bond donors (Lipinski definition) is 1. The Morgan fingerprint density at radius 1 is 1.62 bits per heavy atom. The van der Waals surface area contributed by atoms with Gasteiger partial charge in [0.1, 0.15) is 0 Å². The molecule has 78 valence electrons. The van der Waals surface area contributed by atoms with Gasteiger partial charge in [0.05, 0.1) is 6.61 Å². The number of nitrogens with one attached hydrogen (secondary N) is 1. The van der Waals surface area contributed by atoms with E-state index in [4.69, 9.17) is 4.74 Å². The molecule has 13 heavy (non-hydrogen) atoms. The summed E-state index contributed by atoms with van der Waals surface area (Å²) in [5.41, 5.74) is 0. The molecule has 0 aromatic heterocycles. The quantitative estimate of drug-likeness (QED) is 0.566. The predicted molar refractivity (Wildman–Crippen MR) is 57.0 cm³/mol. The maximum absolute atomic E-state index is 5.15. The molecule has 0 aliphatic rings. The highest BCUT2D eigenvalue weighted by molar-refractivity contribution is 4.78. The molecule has 0 aromatic carbocycles. The summed E-state index contributed by atoms with van der Waals surface area (Å²) < 4.78 is 5.15. The van der Waals surface area contributed by atoms with Gasteiger partial charge in [-0.3, -0.25) is 4.90 Å². The zero-order chi connectivity index (χ0) is 10.1. The van der Waals surface area contributed by atoms with E-state index >= 15 is 0 Å². The summed E-state index contributed by atoms with van der Waals surface area (Å²) in [7, 11) is 3.82. The van der Waals surface area contributed by atoms with Gasteiger partial charge in [0.2, 0.25) is 0 Å². The van der Waals surface area contributed by atoms with E-state index < -0.39 is 0 Å². The van der Waals surface area contributed by atoms with Gasteiger partial charge >= 0.3 is 0 Å². The van der Waals surface area contributed by atoms with Crippen LogP contribution in [0.3, 0.4) is 0 Å². The van der Waals surface area contributed by atoms with E-state index in [2.05, 4.69) is 30.8 Å². The van der Waals surface area contributed by atoms with Gasteiger partial charge in [0.25, 0.3) is 0 Å². The number of methoxy groups -OCH3 is 1. The van der Waals surface area contributed by atoms with Crippen LogP contribution in [0.2, 0.25) is 0 Å². The maximum Gasteiger partial charge on any atom is 0.0630 e. The van der Waals surface area contributed by atoms with Crippen molar-refractivity contribution in [3.8, 4) is 0 Å². The predicted octanol–water partition coefficient (Wildman–Crippen LogP) is 0.729. The van der Waals surface area contributed by atoms with Crippen LogP contribution in [-0.4, -0.2) is 51.3 Å². The molecule has 0 saturated carbocycles. The summed E-state index contributed by atoms with van der Waals surface area (Å²) in [6, 6.07) is 0.433. The van der Waals surface area contributed by atoms with Gasteiger partial charge in [-0.25, -0.2) is 0 Å². The van der Waals surface area contributed by atoms with Crippen LogP contribution in [0.15, 0.2) is 12.7 Å². The van der Waals surface area contributed by atoms with Gasteiger partial charge in [-0.05, 0) is 13.6 Å². The van der Waals surface area contributed by atoms with Gasteiger partial charge in [-0.15, -0.1) is 6.58 Å². The van der Waals surface area contributed by atoms with Crippen LogP contribution in [0.25, 0.3) is 0 Å². The molecule has 3 heteroatoms. The Bertz CT molecular complexity index is 128. The molecule has 0 heterocycles. The molecule has 0 amide bonds. The molecule has 0 bridgehead atoms. The van der Waals surface area contributed by atoms with Crippen molar-refractivity contribution >= 4 is 0 Å². The van der Waals surface area contributed by atoms with E-state index in [9.17, 15) is 0 Å². The molecule has 1 unspecified atom stereocenters. The van der Waals surface area contributed by atoms with Crippen LogP contribution >= 0.6 is 0 Å². The van der Waals surface area contributed by atoms with Gasteiger partial charge in [0, 0.05) is 26.2 Å². The topological polar surface area (TPSA) is 24.5 Å². The fraction of sp³-hybridized carbons (Fsp3) is 0.800. The van der Waals surface area contributed by atoms with Gasteiger partial charge in [0.15, 0.2) is 0 Å². The third kappa shape index (κ3) is 5.80. The van der Waals surface area contributed by atoms with E-state index in [0.29, 0.717) is 6.04 Å². The van der Waals surface area contributed by atoms with Crippen molar-refractivity contribution in [2.45, 2.75) is 13.0 Å². The lowest BCUT2D eigenvalue weighted by Crippen LogP contribution is -2.43. The SMILES string of the molecule is C=CCN(C)C(CNCC)COC. The second kappa shape index (κ2) is 8.23. The molecule has 0 radical (unpaired) electrons. The fourth-order valence-electron chi connectivity index (χ4n) is 1.20. The highest BCUT2D eigenvalue weighted by atomic mass is 16.5. The molecule has 1 N–H and O–H groups in total. The van der Waals surface area contributed by atoms with E-state index in [0.717, 1.165) is 26.2 Å². The Labute approximate surface area is 81.8 Å². The van der Waals surface area contributed by atoms with Crippen LogP contribution in [0.4, 0.5) is 0 Å². The second-order valence-corrected chi connectivity index (χ2v) is 3.15. The Balaban J connectivity index is 3.82. The first-order valence-corrected chi connectivity index (χ1v) is 4.77. The van der Waals surface area contributed by atoms with Crippen LogP contribution < -0.4 is 5.32 Å². The third-order valence-electron chi connectivity index (χ3n) is 2.03. The number of likely N-dealkylation sites (N-methyl/N-ethyl adjacent to an activating group) is 2. The van der Waals surface area contributed by atoms with Crippen molar-refractivity contribution in [1.82, 2.24) is 10.2 Å². The lowest BCUT2D eigenvalue weighted by Gasteiger charge is -2.26. The molecule has 0 fully saturated rings. The lowest BCUT2D eigenvalue weighted by atomic mass is 10.2. The first-order chi connectivity index (χ1) is 6.26. The summed E-state index contributed by atoms with van der Waals surface area (Å²) in [6.07, 6.45) is 1.91. The lowest BCUT2D eigenvalue weighted by molar-refractivity contribution is 0.112. The van der Waals surface area contributed by atoms with Gasteiger partial charge in [-0.1, -0.05) is 13.0 Å². The Morgan fingerprint density at radius 2 is 2.31 bits per heavy atom. The van der Waals surface area contributed by atoms with Crippen molar-refractivity contribution in [2.75, 3.05) is 40.4 Å². The fourth-order valence-corrected chi connectivity index (χ4v) is 1.20. The standard InChI is InChI=1S/C10H22N2O/c1-5-7-12(3)10(9-13-4)8-11-6-2/h5,10-11H,1,6-9H2,2-4H3. The van der Waals surface area contributed by atoms with Crippen LogP contribution in [0.5, 0.6) is 0 Å². The molecule has 0 rings (SSSR count). The number of hydrogen-bond acceptors (Lipinski definition) is 3.